The molecule has 2 atom stereocenters. The third-order valence-corrected chi connectivity index (χ3v) is 5.63. The Hall–Kier alpha value is 1.41. The van der Waals surface area contributed by atoms with Crippen LogP contribution >= 0.6 is 15.2 Å². The zero-order chi connectivity index (χ0) is 13.3. The smallest absolute Gasteiger partial charge is 0.810 e. The van der Waals surface area contributed by atoms with Crippen LogP contribution in [0.2, 0.25) is 0 Å². The molecule has 96 valence electrons. The predicted molar refractivity (Wildman–Crippen MR) is 52.6 cm³/mol. The van der Waals surface area contributed by atoms with E-state index in [1.54, 1.807) is 0 Å². The van der Waals surface area contributed by atoms with Gasteiger partial charge in [-0.3, -0.25) is 9.55 Å². The number of hydrogen-bond donors (Lipinski definition) is 3. The van der Waals surface area contributed by atoms with Gasteiger partial charge in [0, 0.05) is 18.0 Å². The Morgan fingerprint density at radius 3 is 2.05 bits per heavy atom. The van der Waals surface area contributed by atoms with E-state index in [2.05, 4.69) is 4.98 Å². The molecule has 0 aliphatic carbocycles. The van der Waals surface area contributed by atoms with E-state index < -0.39 is 26.7 Å². The molecule has 1 aromatic rings. The van der Waals surface area contributed by atoms with Crippen molar-refractivity contribution in [2.75, 3.05) is 0 Å². The number of aromatic nitrogens is 1. The van der Waals surface area contributed by atoms with Crippen LogP contribution in [-0.4, -0.2) is 25.3 Å². The zero-order valence-electron chi connectivity index (χ0n) is 10.3. The molecule has 0 aromatic carbocycles. The van der Waals surface area contributed by atoms with Gasteiger partial charge in [0.25, 0.3) is 0 Å². The Bertz CT molecular complexity index is 454. The van der Waals surface area contributed by atoms with Crippen LogP contribution in [0.5, 0.6) is 0 Å². The Balaban J connectivity index is 0. The molecule has 0 bridgehead atoms. The van der Waals surface area contributed by atoms with Gasteiger partial charge in [-0.1, -0.05) is 6.07 Å². The van der Waals surface area contributed by atoms with Crippen molar-refractivity contribution < 1.29 is 92.9 Å². The largest absolute Gasteiger partial charge is 1.00 e. The summed E-state index contributed by atoms with van der Waals surface area (Å²) in [4.78, 5) is 42.7. The first-order chi connectivity index (χ1) is 7.64. The van der Waals surface area contributed by atoms with Crippen molar-refractivity contribution >= 4 is 15.2 Å². The van der Waals surface area contributed by atoms with Crippen molar-refractivity contribution in [2.24, 2.45) is 0 Å². The number of aliphatic hydroxyl groups is 1. The molecule has 0 fully saturated rings. The summed E-state index contributed by atoms with van der Waals surface area (Å²) in [5.74, 6) is 0. The van der Waals surface area contributed by atoms with Crippen LogP contribution in [0.3, 0.4) is 0 Å². The van der Waals surface area contributed by atoms with Crippen LogP contribution in [0.4, 0.5) is 0 Å². The van der Waals surface area contributed by atoms with E-state index in [9.17, 15) is 24.0 Å². The van der Waals surface area contributed by atoms with Gasteiger partial charge in [-0.05, 0) is 13.7 Å². The predicted octanol–water partition coefficient (Wildman–Crippen LogP) is -7.46. The summed E-state index contributed by atoms with van der Waals surface area (Å²) in [5, 5.41) is 6.84. The molecule has 8 nitrogen and oxygen atoms in total. The van der Waals surface area contributed by atoms with E-state index in [0.717, 1.165) is 6.20 Å². The number of hydrogen-bond acceptors (Lipinski definition) is 6. The Labute approximate surface area is 153 Å². The van der Waals surface area contributed by atoms with Gasteiger partial charge in [-0.2, -0.15) is 0 Å². The van der Waals surface area contributed by atoms with E-state index in [4.69, 9.17) is 9.79 Å². The molecule has 1 rings (SSSR count). The van der Waals surface area contributed by atoms with E-state index in [-0.39, 0.29) is 64.7 Å². The van der Waals surface area contributed by atoms with Crippen molar-refractivity contribution in [3.05, 3.63) is 30.1 Å². The fraction of sp³-hybridized carbons (Fsp3) is 0.286. The van der Waals surface area contributed by atoms with Gasteiger partial charge in [0.05, 0.1) is 6.10 Å². The quantitative estimate of drug-likeness (QED) is 0.364. The standard InChI is InChI=1S/C7H11NO7P2.2Na/c9-6(5-2-1-3-8-4-5)7(16(10,11)12)17(13,14)15;;/h1-4,6-7,9H,(H2,10,11,12)(H2,13,14,15);;/q;2*+1/p-2. The van der Waals surface area contributed by atoms with Crippen LogP contribution in [0.25, 0.3) is 0 Å². The maximum atomic E-state index is 10.9. The topological polar surface area (TPSA) is 154 Å². The molecule has 12 heteroatoms. The summed E-state index contributed by atoms with van der Waals surface area (Å²) in [6, 6.07) is 2.53. The third-order valence-electron chi connectivity index (χ3n) is 1.98. The Kier molecular flexibility index (Phi) is 10.5. The SMILES string of the molecule is O=P([O-])([O-])C(C(O)c1cccnc1)P(=O)(O)O.[Na+].[Na+]. The minimum Gasteiger partial charge on any atom is -0.810 e. The van der Waals surface area contributed by atoms with Gasteiger partial charge < -0.3 is 29.2 Å². The maximum absolute atomic E-state index is 10.9. The third kappa shape index (κ3) is 6.80. The van der Waals surface area contributed by atoms with Crippen LogP contribution in [0.15, 0.2) is 24.5 Å². The van der Waals surface area contributed by atoms with Crippen LogP contribution in [-0.2, 0) is 9.13 Å². The molecule has 1 aromatic heterocycles. The number of nitrogens with zero attached hydrogens (tertiary/aromatic N) is 1. The number of aliphatic hydroxyl groups excluding tert-OH is 1. The van der Waals surface area contributed by atoms with Gasteiger partial charge in [0.1, 0.15) is 5.40 Å². The minimum absolute atomic E-state index is 0. The van der Waals surface area contributed by atoms with Gasteiger partial charge in [-0.15, -0.1) is 0 Å². The molecule has 19 heavy (non-hydrogen) atoms. The molecule has 0 aliphatic heterocycles. The van der Waals surface area contributed by atoms with Crippen LogP contribution in [0, 0.1) is 0 Å². The Morgan fingerprint density at radius 1 is 1.21 bits per heavy atom. The van der Waals surface area contributed by atoms with Gasteiger partial charge in [0.2, 0.25) is 0 Å². The maximum Gasteiger partial charge on any atom is 1.00 e. The van der Waals surface area contributed by atoms with Crippen molar-refractivity contribution in [3.63, 3.8) is 0 Å². The molecule has 3 N–H and O–H groups in total. The van der Waals surface area contributed by atoms with Gasteiger partial charge >= 0.3 is 66.7 Å². The second kappa shape index (κ2) is 8.76. The van der Waals surface area contributed by atoms with Crippen molar-refractivity contribution in [1.29, 1.82) is 0 Å². The second-order valence-electron chi connectivity index (χ2n) is 3.27. The fourth-order valence-electron chi connectivity index (χ4n) is 1.26. The second-order valence-corrected chi connectivity index (χ2v) is 7.05. The van der Waals surface area contributed by atoms with Crippen LogP contribution < -0.4 is 68.9 Å². The Morgan fingerprint density at radius 2 is 1.74 bits per heavy atom. The molecule has 1 heterocycles. The molecule has 0 saturated heterocycles. The summed E-state index contributed by atoms with van der Waals surface area (Å²) in [6.45, 7) is 0. The van der Waals surface area contributed by atoms with Crippen molar-refractivity contribution in [1.82, 2.24) is 4.98 Å². The van der Waals surface area contributed by atoms with E-state index in [1.807, 2.05) is 0 Å². The van der Waals surface area contributed by atoms with E-state index >= 15 is 0 Å². The monoisotopic (exact) mass is 327 g/mol. The average Bonchev–Trinajstić information content (AvgIpc) is 2.14. The van der Waals surface area contributed by atoms with Crippen LogP contribution in [0.1, 0.15) is 11.7 Å². The van der Waals surface area contributed by atoms with Crippen molar-refractivity contribution in [3.8, 4) is 0 Å². The first kappa shape index (κ1) is 22.7. The molecule has 2 unspecified atom stereocenters. The summed E-state index contributed by atoms with van der Waals surface area (Å²) >= 11 is 0. The summed E-state index contributed by atoms with van der Waals surface area (Å²) in [6.07, 6.45) is 0.213. The number of rotatable bonds is 4. The molecule has 0 aliphatic rings. The molecule has 0 spiro atoms. The number of pyridine rings is 1. The molecule has 0 radical (unpaired) electrons. The molecular weight excluding hydrogens is 318 g/mol. The summed E-state index contributed by atoms with van der Waals surface area (Å²) in [7, 11) is -10.9. The molecular formula is C7H9NNa2O7P2. The zero-order valence-corrected chi connectivity index (χ0v) is 16.1. The molecule has 0 amide bonds. The minimum atomic E-state index is -5.66. The van der Waals surface area contributed by atoms with E-state index in [1.165, 1.54) is 18.3 Å². The summed E-state index contributed by atoms with van der Waals surface area (Å²) < 4.78 is 21.7. The summed E-state index contributed by atoms with van der Waals surface area (Å²) in [5.41, 5.74) is -0.159. The molecule has 0 saturated carbocycles. The fourth-order valence-corrected chi connectivity index (χ4v) is 3.80. The first-order valence-corrected chi connectivity index (χ1v) is 7.58. The van der Waals surface area contributed by atoms with Gasteiger partial charge in [0.15, 0.2) is 0 Å². The first-order valence-electron chi connectivity index (χ1n) is 4.29. The average molecular weight is 327 g/mol. The van der Waals surface area contributed by atoms with E-state index in [0.29, 0.717) is 0 Å². The normalized spacial score (nSPS) is 14.8. The van der Waals surface area contributed by atoms with Gasteiger partial charge in [-0.25, -0.2) is 0 Å². The van der Waals surface area contributed by atoms with Crippen molar-refractivity contribution in [2.45, 2.75) is 11.5 Å².